The lowest BCUT2D eigenvalue weighted by molar-refractivity contribution is -0.385. The summed E-state index contributed by atoms with van der Waals surface area (Å²) in [5, 5.41) is 29.2. The summed E-state index contributed by atoms with van der Waals surface area (Å²) in [6, 6.07) is 9.91. The number of imide groups is 2. The zero-order valence-corrected chi connectivity index (χ0v) is 33.1. The predicted octanol–water partition coefficient (Wildman–Crippen LogP) is 5.16. The minimum atomic E-state index is -1.12. The Kier molecular flexibility index (Phi) is 21.5. The highest BCUT2D eigenvalue weighted by atomic mass is 127. The summed E-state index contributed by atoms with van der Waals surface area (Å²) in [6.45, 7) is 0.0364. The molecule has 0 aromatic heterocycles. The van der Waals surface area contributed by atoms with Crippen molar-refractivity contribution in [3.05, 3.63) is 93.1 Å². The lowest BCUT2D eigenvalue weighted by Crippen LogP contribution is -2.30. The SMILES string of the molecule is O=C(CCCCCN1C(=O)C=CC1=O)OCOC(=O)Oc1ccc([N+](=O)[O-])cc1.O=C(O)CCCCCN1C(=O)C=CC1=O.O=C(OCI)Oc1ccc([N+](=O)[O-])cc1. The second kappa shape index (κ2) is 26.2. The number of carbonyl (C=O) groups is 8. The van der Waals surface area contributed by atoms with Gasteiger partial charge in [-0.3, -0.25) is 58.8 Å². The highest BCUT2D eigenvalue weighted by Gasteiger charge is 2.23. The third-order valence-electron chi connectivity index (χ3n) is 7.40. The van der Waals surface area contributed by atoms with E-state index in [-0.39, 0.29) is 70.5 Å². The number of unbranched alkanes of at least 4 members (excludes halogenated alkanes) is 4. The van der Waals surface area contributed by atoms with Crippen LogP contribution in [0.25, 0.3) is 0 Å². The van der Waals surface area contributed by atoms with Crippen LogP contribution in [0.15, 0.2) is 72.8 Å². The number of carboxylic acid groups (broad SMARTS) is 1. The summed E-state index contributed by atoms with van der Waals surface area (Å²) >= 11 is 1.85. The lowest BCUT2D eigenvalue weighted by atomic mass is 10.2. The van der Waals surface area contributed by atoms with Gasteiger partial charge in [-0.2, -0.15) is 0 Å². The number of ether oxygens (including phenoxy) is 5. The van der Waals surface area contributed by atoms with E-state index < -0.39 is 40.9 Å². The Hall–Kier alpha value is -6.79. The molecule has 23 heteroatoms. The first kappa shape index (κ1) is 48.4. The number of nitro groups is 2. The van der Waals surface area contributed by atoms with Gasteiger partial charge in [0.05, 0.1) is 9.85 Å². The number of alkyl halides is 1. The summed E-state index contributed by atoms with van der Waals surface area (Å²) in [6.07, 6.45) is 6.79. The molecule has 0 spiro atoms. The quantitative estimate of drug-likeness (QED) is 0.0219. The summed E-state index contributed by atoms with van der Waals surface area (Å²) in [5.74, 6) is -2.39. The van der Waals surface area contributed by atoms with Gasteiger partial charge in [-0.15, -0.1) is 0 Å². The molecule has 0 saturated carbocycles. The minimum absolute atomic E-state index is 0.0390. The number of esters is 1. The van der Waals surface area contributed by atoms with Gasteiger partial charge < -0.3 is 28.8 Å². The van der Waals surface area contributed by atoms with E-state index in [9.17, 15) is 58.6 Å². The van der Waals surface area contributed by atoms with E-state index in [2.05, 4.69) is 9.47 Å². The molecule has 0 radical (unpaired) electrons. The molecule has 316 valence electrons. The molecule has 4 rings (SSSR count). The van der Waals surface area contributed by atoms with Crippen LogP contribution in [0.2, 0.25) is 0 Å². The first-order valence-electron chi connectivity index (χ1n) is 17.3. The average Bonchev–Trinajstić information content (AvgIpc) is 3.69. The normalized spacial score (nSPS) is 12.5. The van der Waals surface area contributed by atoms with Crippen LogP contribution in [0.5, 0.6) is 11.5 Å². The van der Waals surface area contributed by atoms with Gasteiger partial charge in [-0.05, 0) is 72.5 Å². The molecular weight excluding hydrogens is 903 g/mol. The van der Waals surface area contributed by atoms with Crippen molar-refractivity contribution in [3.8, 4) is 11.5 Å². The maximum atomic E-state index is 11.6. The predicted molar refractivity (Wildman–Crippen MR) is 207 cm³/mol. The topological polar surface area (TPSA) is 296 Å². The van der Waals surface area contributed by atoms with Crippen LogP contribution in [-0.4, -0.2) is 97.1 Å². The molecule has 0 unspecified atom stereocenters. The second-order valence-corrected chi connectivity index (χ2v) is 12.2. The van der Waals surface area contributed by atoms with Crippen LogP contribution in [-0.2, 0) is 43.0 Å². The van der Waals surface area contributed by atoms with Crippen molar-refractivity contribution < 1.29 is 77.0 Å². The van der Waals surface area contributed by atoms with E-state index in [0.717, 1.165) is 17.0 Å². The van der Waals surface area contributed by atoms with E-state index in [1.54, 1.807) is 0 Å². The molecule has 0 bridgehead atoms. The van der Waals surface area contributed by atoms with Gasteiger partial charge in [0.2, 0.25) is 6.79 Å². The molecule has 4 amide bonds. The van der Waals surface area contributed by atoms with Gasteiger partial charge >= 0.3 is 24.2 Å². The van der Waals surface area contributed by atoms with Crippen LogP contribution < -0.4 is 9.47 Å². The first-order chi connectivity index (χ1) is 28.1. The molecule has 0 aliphatic carbocycles. The van der Waals surface area contributed by atoms with Gasteiger partial charge in [0, 0.05) is 74.5 Å². The Morgan fingerprint density at radius 2 is 0.966 bits per heavy atom. The molecule has 0 atom stereocenters. The van der Waals surface area contributed by atoms with E-state index in [0.29, 0.717) is 45.1 Å². The maximum Gasteiger partial charge on any atom is 0.516 e. The number of rotatable bonds is 19. The minimum Gasteiger partial charge on any atom is -0.481 e. The molecule has 0 fully saturated rings. The third kappa shape index (κ3) is 19.3. The zero-order chi connectivity index (χ0) is 43.7. The number of amides is 4. The molecule has 2 aromatic rings. The van der Waals surface area contributed by atoms with Gasteiger partial charge in [-0.25, -0.2) is 9.59 Å². The molecule has 59 heavy (non-hydrogen) atoms. The smallest absolute Gasteiger partial charge is 0.481 e. The first-order valence-corrected chi connectivity index (χ1v) is 18.8. The van der Waals surface area contributed by atoms with Gasteiger partial charge in [0.15, 0.2) is 0 Å². The lowest BCUT2D eigenvalue weighted by Gasteiger charge is -2.12. The van der Waals surface area contributed by atoms with Crippen LogP contribution in [0.1, 0.15) is 51.4 Å². The highest BCUT2D eigenvalue weighted by molar-refractivity contribution is 14.1. The zero-order valence-electron chi connectivity index (χ0n) is 31.0. The van der Waals surface area contributed by atoms with Crippen LogP contribution >= 0.6 is 22.6 Å². The summed E-state index contributed by atoms with van der Waals surface area (Å²) in [5.41, 5.74) is -0.223. The largest absolute Gasteiger partial charge is 0.516 e. The number of benzene rings is 2. The van der Waals surface area contributed by atoms with Crippen molar-refractivity contribution in [3.63, 3.8) is 0 Å². The molecular formula is C36H37IN4O18. The van der Waals surface area contributed by atoms with Crippen LogP contribution in [0.4, 0.5) is 21.0 Å². The fraction of sp³-hybridized carbons (Fsp3) is 0.333. The summed E-state index contributed by atoms with van der Waals surface area (Å²) in [7, 11) is 0. The molecule has 0 saturated heterocycles. The van der Waals surface area contributed by atoms with E-state index in [1.807, 2.05) is 22.6 Å². The number of aliphatic carboxylic acids is 1. The molecule has 2 aromatic carbocycles. The van der Waals surface area contributed by atoms with Gasteiger partial charge in [-0.1, -0.05) is 12.8 Å². The highest BCUT2D eigenvalue weighted by Crippen LogP contribution is 2.19. The van der Waals surface area contributed by atoms with E-state index in [4.69, 9.17) is 19.3 Å². The standard InChI is InChI=1S/C18H18N2O9.C10H13NO4.C8H6INO5/c21-15-9-10-16(22)19(15)11-3-1-2-4-17(23)27-12-28-18(24)29-14-7-5-13(6-8-14)20(25)26;12-8-5-6-9(13)11(8)7-3-1-2-4-10(14)15;9-5-14-8(11)15-7-3-1-6(2-4-7)10(12)13/h5-10H,1-4,11-12H2;5-6H,1-4,7H2,(H,14,15);1-4H,5H2. The van der Waals surface area contributed by atoms with Crippen molar-refractivity contribution in [2.45, 2.75) is 51.4 Å². The Morgan fingerprint density at radius 3 is 1.34 bits per heavy atom. The Bertz CT molecular complexity index is 1860. The number of hydrogen-bond donors (Lipinski definition) is 1. The number of carboxylic acids is 1. The van der Waals surface area contributed by atoms with Crippen LogP contribution in [0, 0.1) is 20.2 Å². The van der Waals surface area contributed by atoms with Crippen molar-refractivity contribution in [2.24, 2.45) is 0 Å². The Morgan fingerprint density at radius 1 is 0.576 bits per heavy atom. The van der Waals surface area contributed by atoms with Crippen molar-refractivity contribution in [1.82, 2.24) is 9.80 Å². The fourth-order valence-electron chi connectivity index (χ4n) is 4.53. The monoisotopic (exact) mass is 940 g/mol. The molecule has 2 aliphatic heterocycles. The Labute approximate surface area is 348 Å². The fourth-order valence-corrected chi connectivity index (χ4v) is 4.78. The molecule has 2 aliphatic rings. The van der Waals surface area contributed by atoms with Gasteiger partial charge in [0.1, 0.15) is 16.1 Å². The second-order valence-electron chi connectivity index (χ2n) is 11.6. The molecule has 22 nitrogen and oxygen atoms in total. The maximum absolute atomic E-state index is 11.6. The van der Waals surface area contributed by atoms with E-state index in [1.165, 1.54) is 65.6 Å². The summed E-state index contributed by atoms with van der Waals surface area (Å²) in [4.78, 5) is 111. The number of non-ortho nitro benzene ring substituents is 2. The average molecular weight is 941 g/mol. The van der Waals surface area contributed by atoms with Crippen LogP contribution in [0.3, 0.4) is 0 Å². The van der Waals surface area contributed by atoms with E-state index >= 15 is 0 Å². The van der Waals surface area contributed by atoms with Crippen molar-refractivity contribution >= 4 is 81.8 Å². The summed E-state index contributed by atoms with van der Waals surface area (Å²) < 4.78 is 23.5. The Balaban J connectivity index is 0.000000336. The number of nitro benzene ring substituents is 2. The van der Waals surface area contributed by atoms with Crippen molar-refractivity contribution in [2.75, 3.05) is 24.5 Å². The molecule has 2 heterocycles. The molecule has 1 N–H and O–H groups in total. The van der Waals surface area contributed by atoms with Gasteiger partial charge in [0.25, 0.3) is 35.0 Å². The van der Waals surface area contributed by atoms with Crippen molar-refractivity contribution in [1.29, 1.82) is 0 Å². The third-order valence-corrected chi connectivity index (χ3v) is 7.71. The number of halogens is 1. The number of hydrogen-bond acceptors (Lipinski definition) is 17. The number of carbonyl (C=O) groups excluding carboxylic acids is 7. The number of nitrogens with zero attached hydrogens (tertiary/aromatic N) is 4.